The van der Waals surface area contributed by atoms with Crippen molar-refractivity contribution in [1.82, 2.24) is 0 Å². The number of aliphatic hydroxyl groups excluding tert-OH is 1. The van der Waals surface area contributed by atoms with Crippen LogP contribution in [0, 0.1) is 5.92 Å². The average Bonchev–Trinajstić information content (AvgIpc) is 2.85. The molecule has 1 aromatic heterocycles. The maximum atomic E-state index is 10.6. The van der Waals surface area contributed by atoms with E-state index >= 15 is 0 Å². The van der Waals surface area contributed by atoms with Gasteiger partial charge in [-0.3, -0.25) is 0 Å². The van der Waals surface area contributed by atoms with Crippen molar-refractivity contribution in [2.75, 3.05) is 6.61 Å². The molecule has 1 aliphatic carbocycles. The van der Waals surface area contributed by atoms with E-state index in [1.807, 2.05) is 0 Å². The molecule has 0 aromatic carbocycles. The van der Waals surface area contributed by atoms with E-state index in [4.69, 9.17) is 4.74 Å². The summed E-state index contributed by atoms with van der Waals surface area (Å²) in [5.74, 6) is 0.391. The lowest BCUT2D eigenvalue weighted by Gasteiger charge is -2.48. The van der Waals surface area contributed by atoms with Crippen molar-refractivity contribution in [3.05, 3.63) is 21.9 Å². The first-order chi connectivity index (χ1) is 8.72. The first kappa shape index (κ1) is 12.6. The van der Waals surface area contributed by atoms with Crippen LogP contribution in [0.25, 0.3) is 0 Å². The molecule has 2 heterocycles. The Kier molecular flexibility index (Phi) is 3.48. The Bertz CT molecular complexity index is 408. The van der Waals surface area contributed by atoms with E-state index in [1.54, 1.807) is 11.3 Å². The molecule has 18 heavy (non-hydrogen) atoms. The highest BCUT2D eigenvalue weighted by atomic mass is 32.1. The summed E-state index contributed by atoms with van der Waals surface area (Å²) in [6.07, 6.45) is 6.52. The van der Waals surface area contributed by atoms with Crippen LogP contribution in [0.15, 0.2) is 12.1 Å². The van der Waals surface area contributed by atoms with Crippen LogP contribution >= 0.6 is 11.3 Å². The third kappa shape index (κ3) is 2.24. The van der Waals surface area contributed by atoms with E-state index in [9.17, 15) is 5.11 Å². The zero-order valence-corrected chi connectivity index (χ0v) is 11.8. The molecule has 1 aromatic rings. The fourth-order valence-electron chi connectivity index (χ4n) is 3.23. The fraction of sp³-hybridized carbons (Fsp3) is 0.733. The maximum absolute atomic E-state index is 10.6. The number of aryl methyl sites for hydroxylation is 1. The summed E-state index contributed by atoms with van der Waals surface area (Å²) >= 11 is 1.77. The molecule has 100 valence electrons. The minimum absolute atomic E-state index is 0.134. The molecule has 2 nitrogen and oxygen atoms in total. The molecule has 1 aliphatic heterocycles. The maximum Gasteiger partial charge on any atom is 0.0912 e. The van der Waals surface area contributed by atoms with Gasteiger partial charge >= 0.3 is 0 Å². The molecule has 2 aliphatic rings. The van der Waals surface area contributed by atoms with Gasteiger partial charge in [-0.25, -0.2) is 0 Å². The molecule has 3 heteroatoms. The predicted octanol–water partition coefficient (Wildman–Crippen LogP) is 3.69. The second kappa shape index (κ2) is 4.95. The molecule has 1 saturated carbocycles. The lowest BCUT2D eigenvalue weighted by molar-refractivity contribution is -0.157. The molecule has 2 atom stereocenters. The van der Waals surface area contributed by atoms with Crippen LogP contribution in [0.1, 0.15) is 54.9 Å². The number of rotatable bonds is 3. The third-order valence-electron chi connectivity index (χ3n) is 4.56. The topological polar surface area (TPSA) is 29.5 Å². The van der Waals surface area contributed by atoms with Gasteiger partial charge in [0.2, 0.25) is 0 Å². The van der Waals surface area contributed by atoms with E-state index in [-0.39, 0.29) is 11.7 Å². The predicted molar refractivity (Wildman–Crippen MR) is 73.9 cm³/mol. The van der Waals surface area contributed by atoms with Gasteiger partial charge in [-0.15, -0.1) is 11.3 Å². The number of thiophene rings is 1. The summed E-state index contributed by atoms with van der Waals surface area (Å²) in [5, 5.41) is 10.6. The van der Waals surface area contributed by atoms with Crippen molar-refractivity contribution in [3.63, 3.8) is 0 Å². The average molecular weight is 266 g/mol. The quantitative estimate of drug-likeness (QED) is 0.904. The van der Waals surface area contributed by atoms with Gasteiger partial charge in [0.25, 0.3) is 0 Å². The SMILES string of the molecule is CCc1ccc(C(O)C2CCOC3(CCC3)C2)s1. The Morgan fingerprint density at radius 2 is 2.33 bits per heavy atom. The smallest absolute Gasteiger partial charge is 0.0912 e. The van der Waals surface area contributed by atoms with Crippen LogP contribution in [0.5, 0.6) is 0 Å². The zero-order chi connectivity index (χ0) is 12.6. The first-order valence-corrected chi connectivity index (χ1v) is 7.95. The zero-order valence-electron chi connectivity index (χ0n) is 11.0. The second-order valence-corrected chi connectivity index (χ2v) is 6.94. The molecule has 1 N–H and O–H groups in total. The molecule has 0 bridgehead atoms. The number of aliphatic hydroxyl groups is 1. The van der Waals surface area contributed by atoms with Crippen LogP contribution in [-0.2, 0) is 11.2 Å². The van der Waals surface area contributed by atoms with Gasteiger partial charge in [0.05, 0.1) is 11.7 Å². The van der Waals surface area contributed by atoms with Gasteiger partial charge in [0, 0.05) is 16.4 Å². The van der Waals surface area contributed by atoms with Crippen LogP contribution in [0.2, 0.25) is 0 Å². The Morgan fingerprint density at radius 1 is 1.50 bits per heavy atom. The Hall–Kier alpha value is -0.380. The summed E-state index contributed by atoms with van der Waals surface area (Å²) in [7, 11) is 0. The second-order valence-electron chi connectivity index (χ2n) is 5.74. The van der Waals surface area contributed by atoms with Crippen LogP contribution in [0.4, 0.5) is 0 Å². The summed E-state index contributed by atoms with van der Waals surface area (Å²) < 4.78 is 5.94. The molecular weight excluding hydrogens is 244 g/mol. The molecule has 2 fully saturated rings. The molecule has 0 radical (unpaired) electrons. The monoisotopic (exact) mass is 266 g/mol. The van der Waals surface area contributed by atoms with Crippen molar-refractivity contribution < 1.29 is 9.84 Å². The summed E-state index contributed by atoms with van der Waals surface area (Å²) in [5.41, 5.74) is 0.134. The van der Waals surface area contributed by atoms with E-state index < -0.39 is 0 Å². The highest BCUT2D eigenvalue weighted by Crippen LogP contribution is 2.47. The lowest BCUT2D eigenvalue weighted by atomic mass is 9.71. The fourth-order valence-corrected chi connectivity index (χ4v) is 4.26. The normalized spacial score (nSPS) is 28.0. The Morgan fingerprint density at radius 3 is 2.94 bits per heavy atom. The first-order valence-electron chi connectivity index (χ1n) is 7.13. The van der Waals surface area contributed by atoms with Crippen molar-refractivity contribution in [2.24, 2.45) is 5.92 Å². The summed E-state index contributed by atoms with van der Waals surface area (Å²) in [4.78, 5) is 2.52. The highest BCUT2D eigenvalue weighted by Gasteiger charge is 2.44. The van der Waals surface area contributed by atoms with Gasteiger partial charge in [-0.05, 0) is 56.6 Å². The number of hydrogen-bond acceptors (Lipinski definition) is 3. The summed E-state index contributed by atoms with van der Waals surface area (Å²) in [6, 6.07) is 4.26. The molecule has 0 amide bonds. The van der Waals surface area contributed by atoms with Crippen molar-refractivity contribution in [1.29, 1.82) is 0 Å². The Balaban J connectivity index is 1.69. The van der Waals surface area contributed by atoms with Gasteiger partial charge in [-0.1, -0.05) is 6.92 Å². The Labute approximate surface area is 113 Å². The van der Waals surface area contributed by atoms with Crippen LogP contribution in [-0.4, -0.2) is 17.3 Å². The van der Waals surface area contributed by atoms with E-state index in [2.05, 4.69) is 19.1 Å². The lowest BCUT2D eigenvalue weighted by Crippen LogP contribution is -2.46. The van der Waals surface area contributed by atoms with Gasteiger partial charge in [0.1, 0.15) is 0 Å². The largest absolute Gasteiger partial charge is 0.387 e. The molecule has 3 rings (SSSR count). The van der Waals surface area contributed by atoms with E-state index in [0.717, 1.165) is 30.7 Å². The third-order valence-corrected chi connectivity index (χ3v) is 5.87. The highest BCUT2D eigenvalue weighted by molar-refractivity contribution is 7.12. The van der Waals surface area contributed by atoms with Gasteiger partial charge < -0.3 is 9.84 Å². The van der Waals surface area contributed by atoms with Crippen LogP contribution < -0.4 is 0 Å². The number of hydrogen-bond donors (Lipinski definition) is 1. The van der Waals surface area contributed by atoms with Crippen LogP contribution in [0.3, 0.4) is 0 Å². The minimum Gasteiger partial charge on any atom is -0.387 e. The standard InChI is InChI=1S/C15H22O2S/c1-2-12-4-5-13(18-12)14(16)11-6-9-17-15(10-11)7-3-8-15/h4-5,11,14,16H,2-3,6-10H2,1H3. The van der Waals surface area contributed by atoms with Crippen molar-refractivity contribution >= 4 is 11.3 Å². The van der Waals surface area contributed by atoms with Gasteiger partial charge in [-0.2, -0.15) is 0 Å². The van der Waals surface area contributed by atoms with Gasteiger partial charge in [0.15, 0.2) is 0 Å². The molecule has 1 spiro atoms. The van der Waals surface area contributed by atoms with E-state index in [0.29, 0.717) is 5.92 Å². The van der Waals surface area contributed by atoms with E-state index in [1.165, 1.54) is 24.1 Å². The van der Waals surface area contributed by atoms with Crippen molar-refractivity contribution in [3.8, 4) is 0 Å². The summed E-state index contributed by atoms with van der Waals surface area (Å²) in [6.45, 7) is 2.99. The number of ether oxygens (including phenoxy) is 1. The molecular formula is C15H22O2S. The molecule has 2 unspecified atom stereocenters. The molecule has 1 saturated heterocycles. The van der Waals surface area contributed by atoms with Crippen molar-refractivity contribution in [2.45, 2.75) is 57.2 Å². The minimum atomic E-state index is -0.281.